The Morgan fingerprint density at radius 1 is 1.26 bits per heavy atom. The SMILES string of the molecule is Nc1nccc2c1ccn2[C@@H]1OC[C@@H](O)[C@H](O)[C@H]1O. The lowest BCUT2D eigenvalue weighted by Crippen LogP contribution is -2.50. The summed E-state index contributed by atoms with van der Waals surface area (Å²) < 4.78 is 7.08. The van der Waals surface area contributed by atoms with Crippen LogP contribution in [-0.2, 0) is 4.74 Å². The molecule has 1 saturated heterocycles. The van der Waals surface area contributed by atoms with Crippen LogP contribution < -0.4 is 5.73 Å². The first-order valence-corrected chi connectivity index (χ1v) is 5.96. The summed E-state index contributed by atoms with van der Waals surface area (Å²) in [6.45, 7) is -0.0386. The van der Waals surface area contributed by atoms with Gasteiger partial charge in [-0.15, -0.1) is 0 Å². The van der Waals surface area contributed by atoms with Gasteiger partial charge in [-0.2, -0.15) is 0 Å². The van der Waals surface area contributed by atoms with E-state index in [1.807, 2.05) is 0 Å². The van der Waals surface area contributed by atoms with E-state index in [0.717, 1.165) is 10.9 Å². The van der Waals surface area contributed by atoms with Gasteiger partial charge in [0.15, 0.2) is 6.23 Å². The maximum Gasteiger partial charge on any atom is 0.162 e. The molecule has 0 amide bonds. The van der Waals surface area contributed by atoms with Gasteiger partial charge in [-0.3, -0.25) is 0 Å². The number of pyridine rings is 1. The first-order chi connectivity index (χ1) is 9.09. The van der Waals surface area contributed by atoms with Crippen molar-refractivity contribution in [1.82, 2.24) is 9.55 Å². The molecular weight excluding hydrogens is 250 g/mol. The maximum atomic E-state index is 10.0. The summed E-state index contributed by atoms with van der Waals surface area (Å²) in [4.78, 5) is 3.98. The molecule has 0 saturated carbocycles. The number of aliphatic hydroxyl groups excluding tert-OH is 3. The highest BCUT2D eigenvalue weighted by Gasteiger charge is 2.38. The minimum atomic E-state index is -1.24. The van der Waals surface area contributed by atoms with Crippen LogP contribution in [0.25, 0.3) is 10.9 Å². The number of rotatable bonds is 1. The van der Waals surface area contributed by atoms with Crippen LogP contribution in [0.5, 0.6) is 0 Å². The van der Waals surface area contributed by atoms with E-state index in [0.29, 0.717) is 5.82 Å². The molecule has 7 heteroatoms. The van der Waals surface area contributed by atoms with Crippen molar-refractivity contribution in [1.29, 1.82) is 0 Å². The summed E-state index contributed by atoms with van der Waals surface area (Å²) in [6.07, 6.45) is -1.03. The zero-order valence-electron chi connectivity index (χ0n) is 10.0. The molecule has 0 aromatic carbocycles. The topological polar surface area (TPSA) is 114 Å². The lowest BCUT2D eigenvalue weighted by atomic mass is 10.0. The molecule has 7 nitrogen and oxygen atoms in total. The molecule has 0 aliphatic carbocycles. The van der Waals surface area contributed by atoms with Crippen LogP contribution in [0.1, 0.15) is 6.23 Å². The first kappa shape index (κ1) is 12.4. The monoisotopic (exact) mass is 265 g/mol. The van der Waals surface area contributed by atoms with Crippen molar-refractivity contribution in [3.05, 3.63) is 24.5 Å². The fourth-order valence-electron chi connectivity index (χ4n) is 2.37. The van der Waals surface area contributed by atoms with Crippen LogP contribution in [0.2, 0.25) is 0 Å². The summed E-state index contributed by atoms with van der Waals surface area (Å²) in [6, 6.07) is 3.52. The van der Waals surface area contributed by atoms with E-state index in [9.17, 15) is 15.3 Å². The van der Waals surface area contributed by atoms with Gasteiger partial charge in [0, 0.05) is 17.8 Å². The summed E-state index contributed by atoms with van der Waals surface area (Å²) in [5, 5.41) is 29.9. The maximum absolute atomic E-state index is 10.0. The minimum Gasteiger partial charge on any atom is -0.388 e. The summed E-state index contributed by atoms with van der Waals surface area (Å²) in [5.74, 6) is 0.391. The predicted octanol–water partition coefficient (Wildman–Crippen LogP) is -0.770. The molecule has 19 heavy (non-hydrogen) atoms. The number of ether oxygens (including phenoxy) is 1. The summed E-state index contributed by atoms with van der Waals surface area (Å²) in [7, 11) is 0. The van der Waals surface area contributed by atoms with E-state index in [-0.39, 0.29) is 6.61 Å². The molecule has 0 unspecified atom stereocenters. The molecular formula is C12H15N3O4. The smallest absolute Gasteiger partial charge is 0.162 e. The van der Waals surface area contributed by atoms with Gasteiger partial charge < -0.3 is 30.4 Å². The van der Waals surface area contributed by atoms with Gasteiger partial charge in [-0.25, -0.2) is 4.98 Å². The molecule has 1 fully saturated rings. The van der Waals surface area contributed by atoms with Crippen LogP contribution in [0.3, 0.4) is 0 Å². The molecule has 2 aromatic heterocycles. The zero-order valence-corrected chi connectivity index (χ0v) is 10.0. The third-order valence-electron chi connectivity index (χ3n) is 3.43. The van der Waals surface area contributed by atoms with Gasteiger partial charge in [0.2, 0.25) is 0 Å². The molecule has 3 rings (SSSR count). The Balaban J connectivity index is 2.03. The Labute approximate surface area is 108 Å². The zero-order chi connectivity index (χ0) is 13.6. The lowest BCUT2D eigenvalue weighted by Gasteiger charge is -2.36. The second-order valence-electron chi connectivity index (χ2n) is 4.62. The van der Waals surface area contributed by atoms with Gasteiger partial charge in [-0.05, 0) is 12.1 Å². The van der Waals surface area contributed by atoms with E-state index >= 15 is 0 Å². The van der Waals surface area contributed by atoms with Crippen molar-refractivity contribution in [2.24, 2.45) is 0 Å². The number of anilines is 1. The van der Waals surface area contributed by atoms with Crippen LogP contribution >= 0.6 is 0 Å². The number of aromatic nitrogens is 2. The van der Waals surface area contributed by atoms with Crippen molar-refractivity contribution in [3.8, 4) is 0 Å². The normalized spacial score (nSPS) is 31.7. The van der Waals surface area contributed by atoms with Crippen molar-refractivity contribution < 1.29 is 20.1 Å². The van der Waals surface area contributed by atoms with Crippen molar-refractivity contribution in [2.45, 2.75) is 24.5 Å². The molecule has 0 radical (unpaired) electrons. The number of fused-ring (bicyclic) bond motifs is 1. The number of nitrogens with zero attached hydrogens (tertiary/aromatic N) is 2. The highest BCUT2D eigenvalue weighted by atomic mass is 16.5. The highest BCUT2D eigenvalue weighted by molar-refractivity contribution is 5.89. The molecule has 1 aliphatic rings. The fraction of sp³-hybridized carbons (Fsp3) is 0.417. The summed E-state index contributed by atoms with van der Waals surface area (Å²) >= 11 is 0. The second kappa shape index (κ2) is 4.46. The Hall–Kier alpha value is -1.67. The van der Waals surface area contributed by atoms with Crippen molar-refractivity contribution in [2.75, 3.05) is 12.3 Å². The van der Waals surface area contributed by atoms with Crippen LogP contribution in [0.4, 0.5) is 5.82 Å². The van der Waals surface area contributed by atoms with Gasteiger partial charge in [0.05, 0.1) is 12.1 Å². The Kier molecular flexibility index (Phi) is 2.90. The van der Waals surface area contributed by atoms with Crippen LogP contribution in [0, 0.1) is 0 Å². The van der Waals surface area contributed by atoms with E-state index in [1.165, 1.54) is 0 Å². The van der Waals surface area contributed by atoms with Gasteiger partial charge >= 0.3 is 0 Å². The van der Waals surface area contributed by atoms with Crippen LogP contribution in [0.15, 0.2) is 24.5 Å². The molecule has 102 valence electrons. The minimum absolute atomic E-state index is 0.0386. The van der Waals surface area contributed by atoms with Crippen molar-refractivity contribution >= 4 is 16.7 Å². The first-order valence-electron chi connectivity index (χ1n) is 5.96. The highest BCUT2D eigenvalue weighted by Crippen LogP contribution is 2.29. The van der Waals surface area contributed by atoms with Gasteiger partial charge in [0.25, 0.3) is 0 Å². The van der Waals surface area contributed by atoms with Crippen molar-refractivity contribution in [3.63, 3.8) is 0 Å². The average molecular weight is 265 g/mol. The molecule has 2 aromatic rings. The molecule has 3 heterocycles. The van der Waals surface area contributed by atoms with E-state index in [1.54, 1.807) is 29.1 Å². The van der Waals surface area contributed by atoms with Gasteiger partial charge in [0.1, 0.15) is 24.1 Å². The lowest BCUT2D eigenvalue weighted by molar-refractivity contribution is -0.209. The van der Waals surface area contributed by atoms with E-state index < -0.39 is 24.5 Å². The van der Waals surface area contributed by atoms with E-state index in [2.05, 4.69) is 4.98 Å². The predicted molar refractivity (Wildman–Crippen MR) is 67.2 cm³/mol. The average Bonchev–Trinajstić information content (AvgIpc) is 2.82. The standard InChI is InChI=1S/C12H15N3O4/c13-11-6-2-4-15(7(6)1-3-14-11)12-10(18)9(17)8(16)5-19-12/h1-4,8-10,12,16-18H,5H2,(H2,13,14)/t8-,9+,10-,12-/m1/s1. The second-order valence-corrected chi connectivity index (χ2v) is 4.62. The molecule has 0 spiro atoms. The Morgan fingerprint density at radius 3 is 2.84 bits per heavy atom. The molecule has 0 bridgehead atoms. The molecule has 1 aliphatic heterocycles. The number of nitrogens with two attached hydrogens (primary N) is 1. The third kappa shape index (κ3) is 1.87. The fourth-order valence-corrected chi connectivity index (χ4v) is 2.37. The Bertz CT molecular complexity index is 600. The van der Waals surface area contributed by atoms with E-state index in [4.69, 9.17) is 10.5 Å². The number of hydrogen-bond acceptors (Lipinski definition) is 6. The number of hydrogen-bond donors (Lipinski definition) is 4. The number of nitrogen functional groups attached to an aromatic ring is 1. The third-order valence-corrected chi connectivity index (χ3v) is 3.43. The summed E-state index contributed by atoms with van der Waals surface area (Å²) in [5.41, 5.74) is 6.52. The van der Waals surface area contributed by atoms with Gasteiger partial charge in [-0.1, -0.05) is 0 Å². The number of aliphatic hydroxyl groups is 3. The molecule has 5 N–H and O–H groups in total. The van der Waals surface area contributed by atoms with Crippen LogP contribution in [-0.4, -0.2) is 49.8 Å². The quantitative estimate of drug-likeness (QED) is 0.538. The Morgan fingerprint density at radius 2 is 2.05 bits per heavy atom. The molecule has 4 atom stereocenters. The largest absolute Gasteiger partial charge is 0.388 e.